The summed E-state index contributed by atoms with van der Waals surface area (Å²) in [7, 11) is 1.53. The molecule has 0 unspecified atom stereocenters. The summed E-state index contributed by atoms with van der Waals surface area (Å²) in [6.07, 6.45) is 3.33. The van der Waals surface area contributed by atoms with Crippen LogP contribution >= 0.6 is 0 Å². The van der Waals surface area contributed by atoms with Crippen LogP contribution in [0, 0.1) is 0 Å². The molecule has 8 nitrogen and oxygen atoms in total. The molecule has 2 aromatic heterocycles. The normalized spacial score (nSPS) is 13.2. The number of methoxy groups -OCH3 is 1. The lowest BCUT2D eigenvalue weighted by atomic mass is 10.1. The van der Waals surface area contributed by atoms with E-state index in [1.54, 1.807) is 30.6 Å². The Morgan fingerprint density at radius 2 is 1.76 bits per heavy atom. The van der Waals surface area contributed by atoms with Crippen LogP contribution in [-0.2, 0) is 4.74 Å². The van der Waals surface area contributed by atoms with Crippen molar-refractivity contribution in [3.05, 3.63) is 48.8 Å². The van der Waals surface area contributed by atoms with Crippen LogP contribution in [0.25, 0.3) is 11.1 Å². The van der Waals surface area contributed by atoms with Gasteiger partial charge in [-0.25, -0.2) is 9.97 Å². The largest absolute Gasteiger partial charge is 0.480 e. The van der Waals surface area contributed by atoms with Gasteiger partial charge in [-0.05, 0) is 29.8 Å². The van der Waals surface area contributed by atoms with Crippen LogP contribution in [0.3, 0.4) is 0 Å². The number of aromatic nitrogens is 3. The van der Waals surface area contributed by atoms with Crippen LogP contribution in [0.15, 0.2) is 48.8 Å². The first-order valence-electron chi connectivity index (χ1n) is 10.6. The minimum absolute atomic E-state index is 0.0928. The van der Waals surface area contributed by atoms with Crippen LogP contribution in [-0.4, -0.2) is 55.0 Å². The molecular weight excluding hydrogens is 432 g/mol. The van der Waals surface area contributed by atoms with E-state index < -0.39 is 6.61 Å². The number of hydrogen-bond donors (Lipinski definition) is 1. The van der Waals surface area contributed by atoms with Crippen LogP contribution in [0.4, 0.5) is 26.2 Å². The molecular formula is C23H27F2N5O3. The van der Waals surface area contributed by atoms with E-state index in [1.165, 1.54) is 19.2 Å². The molecule has 4 rings (SSSR count). The summed E-state index contributed by atoms with van der Waals surface area (Å²) >= 11 is 0. The first kappa shape index (κ1) is 24.1. The summed E-state index contributed by atoms with van der Waals surface area (Å²) in [5.41, 5.74) is 2.17. The highest BCUT2D eigenvalue weighted by molar-refractivity contribution is 5.72. The van der Waals surface area contributed by atoms with Gasteiger partial charge in [0, 0.05) is 31.0 Å². The zero-order valence-electron chi connectivity index (χ0n) is 18.8. The van der Waals surface area contributed by atoms with E-state index in [0.29, 0.717) is 36.5 Å². The summed E-state index contributed by atoms with van der Waals surface area (Å²) < 4.78 is 39.9. The van der Waals surface area contributed by atoms with E-state index in [4.69, 9.17) is 9.47 Å². The third-order valence-corrected chi connectivity index (χ3v) is 4.66. The van der Waals surface area contributed by atoms with Crippen molar-refractivity contribution < 1.29 is 23.0 Å². The number of halogens is 2. The molecule has 1 aliphatic rings. The molecule has 1 saturated heterocycles. The number of ether oxygens (including phenoxy) is 3. The maximum atomic E-state index is 12.4. The Kier molecular flexibility index (Phi) is 8.71. The molecule has 1 N–H and O–H groups in total. The third kappa shape index (κ3) is 6.48. The van der Waals surface area contributed by atoms with Gasteiger partial charge >= 0.3 is 6.61 Å². The first-order chi connectivity index (χ1) is 16.1. The number of alkyl halides is 2. The van der Waals surface area contributed by atoms with Crippen molar-refractivity contribution in [3.63, 3.8) is 0 Å². The van der Waals surface area contributed by atoms with Crippen molar-refractivity contribution in [1.82, 2.24) is 15.0 Å². The lowest BCUT2D eigenvalue weighted by Crippen LogP contribution is -2.37. The van der Waals surface area contributed by atoms with Crippen molar-refractivity contribution in [2.45, 2.75) is 20.5 Å². The van der Waals surface area contributed by atoms with E-state index in [9.17, 15) is 8.78 Å². The minimum Gasteiger partial charge on any atom is -0.480 e. The quantitative estimate of drug-likeness (QED) is 0.542. The zero-order valence-corrected chi connectivity index (χ0v) is 18.8. The number of rotatable bonds is 7. The van der Waals surface area contributed by atoms with Crippen LogP contribution in [0.5, 0.6) is 11.6 Å². The van der Waals surface area contributed by atoms with Gasteiger partial charge in [0.1, 0.15) is 17.3 Å². The van der Waals surface area contributed by atoms with Gasteiger partial charge in [-0.3, -0.25) is 0 Å². The predicted molar refractivity (Wildman–Crippen MR) is 123 cm³/mol. The Morgan fingerprint density at radius 3 is 2.42 bits per heavy atom. The highest BCUT2D eigenvalue weighted by atomic mass is 19.3. The lowest BCUT2D eigenvalue weighted by Gasteiger charge is -2.26. The van der Waals surface area contributed by atoms with Gasteiger partial charge in [0.2, 0.25) is 11.8 Å². The maximum absolute atomic E-state index is 12.4. The molecule has 0 atom stereocenters. The molecule has 3 heterocycles. The average Bonchev–Trinajstić information content (AvgIpc) is 2.86. The van der Waals surface area contributed by atoms with E-state index in [0.717, 1.165) is 24.2 Å². The van der Waals surface area contributed by atoms with Crippen LogP contribution in [0.1, 0.15) is 13.8 Å². The number of anilines is 3. The molecule has 10 heteroatoms. The summed E-state index contributed by atoms with van der Waals surface area (Å²) in [5.74, 6) is 1.70. The smallest absolute Gasteiger partial charge is 0.387 e. The number of nitrogens with zero attached hydrogens (tertiary/aromatic N) is 4. The first-order valence-corrected chi connectivity index (χ1v) is 10.6. The van der Waals surface area contributed by atoms with Crippen LogP contribution in [0.2, 0.25) is 0 Å². The Labute approximate surface area is 191 Å². The topological polar surface area (TPSA) is 81.6 Å². The summed E-state index contributed by atoms with van der Waals surface area (Å²) in [5, 5.41) is 3.23. The molecule has 33 heavy (non-hydrogen) atoms. The molecule has 1 aromatic carbocycles. The molecule has 0 saturated carbocycles. The second-order valence-corrected chi connectivity index (χ2v) is 6.65. The Hall–Kier alpha value is -3.53. The van der Waals surface area contributed by atoms with Crippen molar-refractivity contribution in [2.24, 2.45) is 0 Å². The highest BCUT2D eigenvalue weighted by Crippen LogP contribution is 2.31. The second-order valence-electron chi connectivity index (χ2n) is 6.65. The number of benzene rings is 1. The minimum atomic E-state index is -2.86. The van der Waals surface area contributed by atoms with Crippen molar-refractivity contribution in [1.29, 1.82) is 0 Å². The summed E-state index contributed by atoms with van der Waals surface area (Å²) in [6.45, 7) is 3.88. The predicted octanol–water partition coefficient (Wildman–Crippen LogP) is 4.76. The Bertz CT molecular complexity index is 1020. The summed E-state index contributed by atoms with van der Waals surface area (Å²) in [4.78, 5) is 15.3. The highest BCUT2D eigenvalue weighted by Gasteiger charge is 2.15. The Balaban J connectivity index is 0.00000149. The second kappa shape index (κ2) is 11.9. The molecule has 0 radical (unpaired) electrons. The maximum Gasteiger partial charge on any atom is 0.387 e. The van der Waals surface area contributed by atoms with Gasteiger partial charge in [0.25, 0.3) is 0 Å². The van der Waals surface area contributed by atoms with Gasteiger partial charge < -0.3 is 24.4 Å². The molecule has 1 fully saturated rings. The van der Waals surface area contributed by atoms with Crippen molar-refractivity contribution in [3.8, 4) is 22.8 Å². The van der Waals surface area contributed by atoms with Crippen molar-refractivity contribution in [2.75, 3.05) is 43.6 Å². The number of pyridine rings is 1. The fraction of sp³-hybridized carbons (Fsp3) is 0.348. The monoisotopic (exact) mass is 459 g/mol. The molecule has 0 aliphatic carbocycles. The molecule has 0 amide bonds. The summed E-state index contributed by atoms with van der Waals surface area (Å²) in [6, 6.07) is 9.95. The van der Waals surface area contributed by atoms with Gasteiger partial charge in [0.15, 0.2) is 0 Å². The average molecular weight is 459 g/mol. The molecule has 0 bridgehead atoms. The van der Waals surface area contributed by atoms with E-state index in [1.807, 2.05) is 19.9 Å². The van der Waals surface area contributed by atoms with Crippen molar-refractivity contribution >= 4 is 17.5 Å². The zero-order chi connectivity index (χ0) is 23.6. The number of nitrogens with one attached hydrogen (secondary N) is 1. The van der Waals surface area contributed by atoms with Gasteiger partial charge in [-0.1, -0.05) is 26.0 Å². The van der Waals surface area contributed by atoms with Gasteiger partial charge in [-0.15, -0.1) is 0 Å². The number of morpholine rings is 1. The third-order valence-electron chi connectivity index (χ3n) is 4.66. The molecule has 0 spiro atoms. The van der Waals surface area contributed by atoms with Crippen LogP contribution < -0.4 is 19.7 Å². The van der Waals surface area contributed by atoms with E-state index in [-0.39, 0.29) is 5.75 Å². The molecule has 1 aliphatic heterocycles. The fourth-order valence-electron chi connectivity index (χ4n) is 3.16. The SMILES string of the molecule is CC.COc1ncc(-c2ccc(OC(F)F)cc2)cc1Nc1ccnc(N2CCOCC2)n1. The van der Waals surface area contributed by atoms with Gasteiger partial charge in [0.05, 0.1) is 20.3 Å². The lowest BCUT2D eigenvalue weighted by molar-refractivity contribution is -0.0498. The molecule has 3 aromatic rings. The number of hydrogen-bond acceptors (Lipinski definition) is 8. The fourth-order valence-corrected chi connectivity index (χ4v) is 3.16. The van der Waals surface area contributed by atoms with E-state index in [2.05, 4.69) is 29.9 Å². The standard InChI is InChI=1S/C21H21F2N5O3.C2H6/c1-29-19-17(26-18-6-7-24-21(27-18)28-8-10-30-11-9-28)12-15(13-25-19)14-2-4-16(5-3-14)31-20(22)23;1-2/h2-7,12-13,20H,8-11H2,1H3,(H,24,26,27);1-2H3. The Morgan fingerprint density at radius 1 is 1.03 bits per heavy atom. The van der Waals surface area contributed by atoms with E-state index >= 15 is 0 Å². The van der Waals surface area contributed by atoms with Gasteiger partial charge in [-0.2, -0.15) is 13.8 Å². The molecule has 176 valence electrons.